The van der Waals surface area contributed by atoms with E-state index in [-0.39, 0.29) is 28.1 Å². The van der Waals surface area contributed by atoms with Gasteiger partial charge in [-0.25, -0.2) is 8.42 Å². The molecule has 0 aliphatic rings. The summed E-state index contributed by atoms with van der Waals surface area (Å²) in [6.07, 6.45) is 0. The van der Waals surface area contributed by atoms with Crippen molar-refractivity contribution in [2.75, 3.05) is 20.2 Å². The van der Waals surface area contributed by atoms with E-state index < -0.39 is 10.0 Å². The van der Waals surface area contributed by atoms with Crippen LogP contribution in [0.2, 0.25) is 10.0 Å². The fourth-order valence-corrected chi connectivity index (χ4v) is 3.01. The summed E-state index contributed by atoms with van der Waals surface area (Å²) in [7, 11) is -2.27. The second kappa shape index (κ2) is 5.33. The first-order valence-electron chi connectivity index (χ1n) is 4.41. The van der Waals surface area contributed by atoms with Gasteiger partial charge in [-0.1, -0.05) is 23.2 Å². The first kappa shape index (κ1) is 13.7. The largest absolute Gasteiger partial charge is 0.395 e. The molecule has 0 spiro atoms. The van der Waals surface area contributed by atoms with Gasteiger partial charge in [-0.15, -0.1) is 0 Å². The van der Waals surface area contributed by atoms with Crippen LogP contribution >= 0.6 is 23.2 Å². The normalized spacial score (nSPS) is 12.1. The smallest absolute Gasteiger partial charge is 0.242 e. The van der Waals surface area contributed by atoms with E-state index in [4.69, 9.17) is 28.3 Å². The summed E-state index contributed by atoms with van der Waals surface area (Å²) in [5, 5.41) is 9.20. The van der Waals surface area contributed by atoms with Gasteiger partial charge in [0.2, 0.25) is 10.0 Å². The maximum absolute atomic E-state index is 11.9. The topological polar surface area (TPSA) is 57.6 Å². The average Bonchev–Trinajstić information content (AvgIpc) is 2.16. The molecular formula is C9H11Cl2NO3S. The van der Waals surface area contributed by atoms with Crippen LogP contribution in [0.1, 0.15) is 0 Å². The average molecular weight is 284 g/mol. The molecule has 90 valence electrons. The highest BCUT2D eigenvalue weighted by Crippen LogP contribution is 2.24. The highest BCUT2D eigenvalue weighted by molar-refractivity contribution is 7.89. The minimum atomic E-state index is -3.64. The Bertz CT molecular complexity index is 455. The lowest BCUT2D eigenvalue weighted by Crippen LogP contribution is -2.29. The Kier molecular flexibility index (Phi) is 4.58. The standard InChI is InChI=1S/C9H11Cl2NO3S/c1-12(2-3-13)16(14,15)9-5-7(10)4-8(11)6-9/h4-6,13H,2-3H2,1H3. The molecule has 0 atom stereocenters. The van der Waals surface area contributed by atoms with E-state index in [2.05, 4.69) is 0 Å². The van der Waals surface area contributed by atoms with Gasteiger partial charge in [-0.3, -0.25) is 0 Å². The van der Waals surface area contributed by atoms with Gasteiger partial charge in [0.1, 0.15) is 0 Å². The number of nitrogens with zero attached hydrogens (tertiary/aromatic N) is 1. The van der Waals surface area contributed by atoms with Crippen molar-refractivity contribution in [1.82, 2.24) is 4.31 Å². The molecular weight excluding hydrogens is 273 g/mol. The van der Waals surface area contributed by atoms with Gasteiger partial charge < -0.3 is 5.11 Å². The maximum Gasteiger partial charge on any atom is 0.242 e. The molecule has 0 aliphatic heterocycles. The lowest BCUT2D eigenvalue weighted by Gasteiger charge is -2.16. The summed E-state index contributed by atoms with van der Waals surface area (Å²) in [4.78, 5) is 0.0148. The molecule has 0 radical (unpaired) electrons. The fourth-order valence-electron chi connectivity index (χ4n) is 1.12. The predicted molar refractivity (Wildman–Crippen MR) is 63.4 cm³/mol. The van der Waals surface area contributed by atoms with Crippen LogP contribution in [-0.2, 0) is 10.0 Å². The summed E-state index contributed by atoms with van der Waals surface area (Å²) in [5.41, 5.74) is 0. The Morgan fingerprint density at radius 2 is 1.75 bits per heavy atom. The van der Waals surface area contributed by atoms with Gasteiger partial charge in [0.25, 0.3) is 0 Å². The molecule has 4 nitrogen and oxygen atoms in total. The highest BCUT2D eigenvalue weighted by atomic mass is 35.5. The lowest BCUT2D eigenvalue weighted by molar-refractivity contribution is 0.266. The van der Waals surface area contributed by atoms with Gasteiger partial charge in [0, 0.05) is 23.6 Å². The van der Waals surface area contributed by atoms with Crippen LogP contribution in [0.5, 0.6) is 0 Å². The van der Waals surface area contributed by atoms with Crippen LogP contribution in [0.4, 0.5) is 0 Å². The van der Waals surface area contributed by atoms with Crippen LogP contribution < -0.4 is 0 Å². The molecule has 0 bridgehead atoms. The van der Waals surface area contributed by atoms with Crippen molar-refractivity contribution >= 4 is 33.2 Å². The first-order valence-corrected chi connectivity index (χ1v) is 6.61. The molecule has 0 saturated heterocycles. The monoisotopic (exact) mass is 283 g/mol. The van der Waals surface area contributed by atoms with Crippen molar-refractivity contribution in [2.24, 2.45) is 0 Å². The van der Waals surface area contributed by atoms with Crippen molar-refractivity contribution in [3.05, 3.63) is 28.2 Å². The predicted octanol–water partition coefficient (Wildman–Crippen LogP) is 1.61. The van der Waals surface area contributed by atoms with E-state index >= 15 is 0 Å². The second-order valence-corrected chi connectivity index (χ2v) is 6.07. The lowest BCUT2D eigenvalue weighted by atomic mass is 10.4. The molecule has 1 rings (SSSR count). The Morgan fingerprint density at radius 3 is 2.19 bits per heavy atom. The Morgan fingerprint density at radius 1 is 1.25 bits per heavy atom. The van der Waals surface area contributed by atoms with Crippen LogP contribution in [0.15, 0.2) is 23.1 Å². The van der Waals surface area contributed by atoms with Crippen molar-refractivity contribution in [1.29, 1.82) is 0 Å². The summed E-state index contributed by atoms with van der Waals surface area (Å²) in [6.45, 7) is -0.226. The number of aliphatic hydroxyl groups excluding tert-OH is 1. The summed E-state index contributed by atoms with van der Waals surface area (Å²) in [5.74, 6) is 0. The van der Waals surface area contributed by atoms with E-state index in [9.17, 15) is 8.42 Å². The molecule has 0 heterocycles. The summed E-state index contributed by atoms with van der Waals surface area (Å²) >= 11 is 11.4. The molecule has 0 amide bonds. The SMILES string of the molecule is CN(CCO)S(=O)(=O)c1cc(Cl)cc(Cl)c1. The van der Waals surface area contributed by atoms with E-state index in [0.29, 0.717) is 0 Å². The van der Waals surface area contributed by atoms with Gasteiger partial charge in [-0.2, -0.15) is 4.31 Å². The maximum atomic E-state index is 11.9. The molecule has 0 fully saturated rings. The molecule has 0 aromatic heterocycles. The molecule has 0 aliphatic carbocycles. The van der Waals surface area contributed by atoms with Crippen molar-refractivity contribution in [3.63, 3.8) is 0 Å². The molecule has 1 N–H and O–H groups in total. The summed E-state index contributed by atoms with van der Waals surface area (Å²) < 4.78 is 24.9. The zero-order valence-corrected chi connectivity index (χ0v) is 10.8. The zero-order chi connectivity index (χ0) is 12.3. The Hall–Kier alpha value is -0.330. The van der Waals surface area contributed by atoms with Gasteiger partial charge >= 0.3 is 0 Å². The minimum Gasteiger partial charge on any atom is -0.395 e. The number of rotatable bonds is 4. The minimum absolute atomic E-state index is 0.0148. The van der Waals surface area contributed by atoms with Gasteiger partial charge in [0.05, 0.1) is 11.5 Å². The fraction of sp³-hybridized carbons (Fsp3) is 0.333. The third-order valence-corrected chi connectivity index (χ3v) is 4.23. The molecule has 1 aromatic rings. The first-order chi connectivity index (χ1) is 7.37. The highest BCUT2D eigenvalue weighted by Gasteiger charge is 2.20. The van der Waals surface area contributed by atoms with Crippen LogP contribution in [-0.4, -0.2) is 38.0 Å². The van der Waals surface area contributed by atoms with Crippen LogP contribution in [0, 0.1) is 0 Å². The molecule has 16 heavy (non-hydrogen) atoms. The Labute approximate surface area is 104 Å². The third kappa shape index (κ3) is 3.09. The van der Waals surface area contributed by atoms with Crippen molar-refractivity contribution in [3.8, 4) is 0 Å². The van der Waals surface area contributed by atoms with Crippen LogP contribution in [0.3, 0.4) is 0 Å². The molecule has 7 heteroatoms. The number of halogens is 2. The van der Waals surface area contributed by atoms with Crippen molar-refractivity contribution in [2.45, 2.75) is 4.90 Å². The quantitative estimate of drug-likeness (QED) is 0.913. The van der Waals surface area contributed by atoms with Gasteiger partial charge in [-0.05, 0) is 18.2 Å². The number of sulfonamides is 1. The van der Waals surface area contributed by atoms with Gasteiger partial charge in [0.15, 0.2) is 0 Å². The number of hydrogen-bond donors (Lipinski definition) is 1. The second-order valence-electron chi connectivity index (χ2n) is 3.16. The van der Waals surface area contributed by atoms with E-state index in [1.54, 1.807) is 0 Å². The van der Waals surface area contributed by atoms with Crippen molar-refractivity contribution < 1.29 is 13.5 Å². The number of hydrogen-bond acceptors (Lipinski definition) is 3. The Balaban J connectivity index is 3.16. The molecule has 1 aromatic carbocycles. The van der Waals surface area contributed by atoms with E-state index in [1.165, 1.54) is 25.2 Å². The van der Waals surface area contributed by atoms with Crippen LogP contribution in [0.25, 0.3) is 0 Å². The number of benzene rings is 1. The molecule has 0 saturated carbocycles. The molecule has 0 unspecified atom stereocenters. The zero-order valence-electron chi connectivity index (χ0n) is 8.52. The number of likely N-dealkylation sites (N-methyl/N-ethyl adjacent to an activating group) is 1. The van der Waals surface area contributed by atoms with E-state index in [0.717, 1.165) is 4.31 Å². The number of aliphatic hydroxyl groups is 1. The third-order valence-electron chi connectivity index (χ3n) is 1.96. The van der Waals surface area contributed by atoms with E-state index in [1.807, 2.05) is 0 Å². The summed E-state index contributed by atoms with van der Waals surface area (Å²) in [6, 6.07) is 4.08.